The molecule has 0 aliphatic carbocycles. The molecular formula is C30H36ClN5. The van der Waals surface area contributed by atoms with Crippen molar-refractivity contribution in [3.63, 3.8) is 0 Å². The normalized spacial score (nSPS) is 11.5. The van der Waals surface area contributed by atoms with E-state index >= 15 is 0 Å². The van der Waals surface area contributed by atoms with Gasteiger partial charge < -0.3 is 22.1 Å². The van der Waals surface area contributed by atoms with Crippen molar-refractivity contribution in [2.75, 3.05) is 6.54 Å². The SMILES string of the molecule is C=C(NCc1ccc(C)cc1Cl)C(CCCN=C(N)N)NC(=C)C(c1ccccc1)c1ccccc1. The maximum atomic E-state index is 6.45. The molecule has 0 aliphatic heterocycles. The predicted octanol–water partition coefficient (Wildman–Crippen LogP) is 5.61. The van der Waals surface area contributed by atoms with E-state index in [9.17, 15) is 0 Å². The van der Waals surface area contributed by atoms with Crippen molar-refractivity contribution >= 4 is 17.6 Å². The highest BCUT2D eigenvalue weighted by atomic mass is 35.5. The van der Waals surface area contributed by atoms with Crippen molar-refractivity contribution in [3.05, 3.63) is 131 Å². The highest BCUT2D eigenvalue weighted by Crippen LogP contribution is 2.30. The summed E-state index contributed by atoms with van der Waals surface area (Å²) in [5, 5.41) is 7.87. The van der Waals surface area contributed by atoms with Crippen LogP contribution in [0.25, 0.3) is 0 Å². The van der Waals surface area contributed by atoms with Crippen molar-refractivity contribution in [2.45, 2.75) is 38.3 Å². The van der Waals surface area contributed by atoms with Crippen LogP contribution in [0.15, 0.2) is 108 Å². The lowest BCUT2D eigenvalue weighted by Crippen LogP contribution is -2.37. The van der Waals surface area contributed by atoms with Gasteiger partial charge in [-0.25, -0.2) is 0 Å². The third-order valence-corrected chi connectivity index (χ3v) is 6.41. The number of allylic oxidation sites excluding steroid dienone is 1. The van der Waals surface area contributed by atoms with E-state index in [0.717, 1.165) is 40.4 Å². The molecule has 0 bridgehead atoms. The summed E-state index contributed by atoms with van der Waals surface area (Å²) in [5.41, 5.74) is 17.3. The van der Waals surface area contributed by atoms with Crippen molar-refractivity contribution < 1.29 is 0 Å². The second kappa shape index (κ2) is 13.4. The number of nitrogens with zero attached hydrogens (tertiary/aromatic N) is 1. The van der Waals surface area contributed by atoms with Crippen LogP contribution in [-0.4, -0.2) is 18.5 Å². The molecule has 1 unspecified atom stereocenters. The first-order chi connectivity index (χ1) is 17.3. The van der Waals surface area contributed by atoms with Crippen LogP contribution in [0.5, 0.6) is 0 Å². The number of hydrogen-bond acceptors (Lipinski definition) is 3. The Morgan fingerprint density at radius 3 is 2.08 bits per heavy atom. The highest BCUT2D eigenvalue weighted by molar-refractivity contribution is 6.31. The number of nitrogens with one attached hydrogen (secondary N) is 2. The van der Waals surface area contributed by atoms with Crippen molar-refractivity contribution in [1.82, 2.24) is 10.6 Å². The standard InChI is InChI=1S/C30H36ClN5/c1-21-16-17-26(27(31)19-21)20-35-22(2)28(15-10-18-34-30(32)33)36-23(3)29(24-11-6-4-7-12-24)25-13-8-5-9-14-25/h4-9,11-14,16-17,19,28-29,35-36H,2-3,10,15,18,20H2,1H3,(H4,32,33,34). The molecule has 0 aliphatic rings. The second-order valence-electron chi connectivity index (χ2n) is 8.90. The predicted molar refractivity (Wildman–Crippen MR) is 153 cm³/mol. The van der Waals surface area contributed by atoms with Crippen LogP contribution in [-0.2, 0) is 6.54 Å². The third kappa shape index (κ3) is 7.92. The van der Waals surface area contributed by atoms with Gasteiger partial charge in [0.2, 0.25) is 0 Å². The number of halogens is 1. The van der Waals surface area contributed by atoms with Gasteiger partial charge in [0.15, 0.2) is 5.96 Å². The highest BCUT2D eigenvalue weighted by Gasteiger charge is 2.21. The van der Waals surface area contributed by atoms with Crippen LogP contribution in [0.2, 0.25) is 5.02 Å². The van der Waals surface area contributed by atoms with E-state index < -0.39 is 0 Å². The number of hydrogen-bond donors (Lipinski definition) is 4. The Morgan fingerprint density at radius 1 is 0.917 bits per heavy atom. The van der Waals surface area contributed by atoms with Gasteiger partial charge in [0.25, 0.3) is 0 Å². The fourth-order valence-corrected chi connectivity index (χ4v) is 4.46. The average Bonchev–Trinajstić information content (AvgIpc) is 2.86. The maximum Gasteiger partial charge on any atom is 0.185 e. The molecular weight excluding hydrogens is 466 g/mol. The summed E-state index contributed by atoms with van der Waals surface area (Å²) < 4.78 is 0. The number of benzene rings is 3. The zero-order chi connectivity index (χ0) is 25.9. The summed E-state index contributed by atoms with van der Waals surface area (Å²) in [4.78, 5) is 4.13. The van der Waals surface area contributed by atoms with E-state index in [-0.39, 0.29) is 17.9 Å². The minimum Gasteiger partial charge on any atom is -0.383 e. The Hall–Kier alpha value is -3.70. The number of nitrogens with two attached hydrogens (primary N) is 2. The molecule has 5 nitrogen and oxygen atoms in total. The summed E-state index contributed by atoms with van der Waals surface area (Å²) in [7, 11) is 0. The number of aryl methyl sites for hydroxylation is 1. The Balaban J connectivity index is 1.78. The molecule has 188 valence electrons. The Labute approximate surface area is 220 Å². The summed E-state index contributed by atoms with van der Waals surface area (Å²) in [6, 6.07) is 26.8. The van der Waals surface area contributed by atoms with E-state index in [1.165, 1.54) is 11.1 Å². The van der Waals surface area contributed by atoms with Gasteiger partial charge in [-0.1, -0.05) is 97.6 Å². The van der Waals surface area contributed by atoms with Gasteiger partial charge in [-0.3, -0.25) is 4.99 Å². The first-order valence-corrected chi connectivity index (χ1v) is 12.5. The summed E-state index contributed by atoms with van der Waals surface area (Å²) >= 11 is 6.45. The molecule has 0 amide bonds. The summed E-state index contributed by atoms with van der Waals surface area (Å²) in [6.07, 6.45) is 1.57. The molecule has 3 rings (SSSR count). The topological polar surface area (TPSA) is 88.5 Å². The molecule has 0 saturated heterocycles. The Kier molecular flexibility index (Phi) is 10.0. The van der Waals surface area contributed by atoms with Crippen LogP contribution in [0.3, 0.4) is 0 Å². The molecule has 3 aromatic rings. The van der Waals surface area contributed by atoms with E-state index in [1.807, 2.05) is 31.2 Å². The summed E-state index contributed by atoms with van der Waals surface area (Å²) in [5.74, 6) is 0.0926. The number of rotatable bonds is 13. The number of aliphatic imine (C=N–C) groups is 1. The third-order valence-electron chi connectivity index (χ3n) is 6.05. The maximum absolute atomic E-state index is 6.45. The van der Waals surface area contributed by atoms with E-state index in [4.69, 9.17) is 23.1 Å². The zero-order valence-electron chi connectivity index (χ0n) is 20.9. The van der Waals surface area contributed by atoms with Crippen LogP contribution in [0.4, 0.5) is 0 Å². The van der Waals surface area contributed by atoms with Crippen molar-refractivity contribution in [1.29, 1.82) is 0 Å². The van der Waals surface area contributed by atoms with Gasteiger partial charge in [0, 0.05) is 35.4 Å². The van der Waals surface area contributed by atoms with Gasteiger partial charge in [-0.05, 0) is 48.1 Å². The van der Waals surface area contributed by atoms with Gasteiger partial charge in [0.05, 0.1) is 6.04 Å². The largest absolute Gasteiger partial charge is 0.383 e. The summed E-state index contributed by atoms with van der Waals surface area (Å²) in [6.45, 7) is 12.0. The average molecular weight is 502 g/mol. The second-order valence-corrected chi connectivity index (χ2v) is 9.31. The van der Waals surface area contributed by atoms with Gasteiger partial charge >= 0.3 is 0 Å². The van der Waals surface area contributed by atoms with Crippen molar-refractivity contribution in [3.8, 4) is 0 Å². The van der Waals surface area contributed by atoms with Crippen LogP contribution in [0.1, 0.15) is 41.0 Å². The lowest BCUT2D eigenvalue weighted by molar-refractivity contribution is 0.524. The molecule has 3 aromatic carbocycles. The molecule has 0 aromatic heterocycles. The van der Waals surface area contributed by atoms with Gasteiger partial charge in [0.1, 0.15) is 0 Å². The zero-order valence-corrected chi connectivity index (χ0v) is 21.6. The van der Waals surface area contributed by atoms with Crippen molar-refractivity contribution in [2.24, 2.45) is 16.5 Å². The molecule has 6 heteroatoms. The minimum absolute atomic E-state index is 0.00745. The first-order valence-electron chi connectivity index (χ1n) is 12.1. The van der Waals surface area contributed by atoms with Crippen LogP contribution in [0, 0.1) is 6.92 Å². The molecule has 0 heterocycles. The van der Waals surface area contributed by atoms with Crippen LogP contribution < -0.4 is 22.1 Å². The molecule has 0 fully saturated rings. The fraction of sp³-hybridized carbons (Fsp3) is 0.233. The first kappa shape index (κ1) is 26.9. The lowest BCUT2D eigenvalue weighted by Gasteiger charge is -2.29. The quantitative estimate of drug-likeness (QED) is 0.139. The van der Waals surface area contributed by atoms with E-state index in [1.54, 1.807) is 0 Å². The molecule has 6 N–H and O–H groups in total. The van der Waals surface area contributed by atoms with Gasteiger partial charge in [-0.15, -0.1) is 0 Å². The van der Waals surface area contributed by atoms with Crippen LogP contribution >= 0.6 is 11.6 Å². The van der Waals surface area contributed by atoms with E-state index in [0.29, 0.717) is 13.1 Å². The molecule has 0 saturated carbocycles. The molecule has 0 radical (unpaired) electrons. The van der Waals surface area contributed by atoms with Gasteiger partial charge in [-0.2, -0.15) is 0 Å². The monoisotopic (exact) mass is 501 g/mol. The number of guanidine groups is 1. The molecule has 1 atom stereocenters. The Bertz CT molecular complexity index is 1130. The lowest BCUT2D eigenvalue weighted by atomic mass is 9.88. The smallest absolute Gasteiger partial charge is 0.185 e. The molecule has 0 spiro atoms. The molecule has 36 heavy (non-hydrogen) atoms. The Morgan fingerprint density at radius 2 is 1.53 bits per heavy atom. The fourth-order valence-electron chi connectivity index (χ4n) is 4.16. The minimum atomic E-state index is -0.0779. The van der Waals surface area contributed by atoms with E-state index in [2.05, 4.69) is 83.4 Å².